The van der Waals surface area contributed by atoms with Crippen molar-refractivity contribution in [2.75, 3.05) is 13.1 Å². The Hall–Kier alpha value is -2.72. The van der Waals surface area contributed by atoms with E-state index in [4.69, 9.17) is 16.3 Å². The minimum atomic E-state index is -4.65. The van der Waals surface area contributed by atoms with Gasteiger partial charge in [-0.1, -0.05) is 23.7 Å². The third-order valence-corrected chi connectivity index (χ3v) is 7.34. The summed E-state index contributed by atoms with van der Waals surface area (Å²) in [4.78, 5) is 27.9. The molecule has 11 heteroatoms. The van der Waals surface area contributed by atoms with Crippen LogP contribution in [0.15, 0.2) is 30.3 Å². The van der Waals surface area contributed by atoms with Crippen molar-refractivity contribution in [1.82, 2.24) is 10.2 Å². The van der Waals surface area contributed by atoms with Gasteiger partial charge in [0.05, 0.1) is 22.1 Å². The number of alkyl halides is 3. The summed E-state index contributed by atoms with van der Waals surface area (Å²) in [5, 5.41) is 2.59. The third-order valence-electron chi connectivity index (χ3n) is 6.89. The topological polar surface area (TPSA) is 58.6 Å². The predicted molar refractivity (Wildman–Crippen MR) is 114 cm³/mol. The number of rotatable bonds is 4. The number of nitrogens with one attached hydrogen (secondary N) is 1. The lowest BCUT2D eigenvalue weighted by Crippen LogP contribution is -2.55. The highest BCUT2D eigenvalue weighted by atomic mass is 35.5. The van der Waals surface area contributed by atoms with E-state index in [1.54, 1.807) is 0 Å². The summed E-state index contributed by atoms with van der Waals surface area (Å²) in [7, 11) is 0. The highest BCUT2D eigenvalue weighted by Crippen LogP contribution is 2.48. The molecular formula is C24H20ClF5N2O3. The number of piperidine rings is 1. The van der Waals surface area contributed by atoms with Crippen LogP contribution in [0.2, 0.25) is 5.02 Å². The number of carbonyl (C=O) groups excluding carboxylic acids is 2. The molecule has 0 aromatic heterocycles. The van der Waals surface area contributed by atoms with Crippen molar-refractivity contribution in [2.24, 2.45) is 5.92 Å². The van der Waals surface area contributed by atoms with Crippen LogP contribution in [0.4, 0.5) is 22.0 Å². The second-order valence-electron chi connectivity index (χ2n) is 9.07. The molecular weight excluding hydrogens is 495 g/mol. The van der Waals surface area contributed by atoms with Crippen molar-refractivity contribution < 1.29 is 36.3 Å². The van der Waals surface area contributed by atoms with E-state index >= 15 is 0 Å². The van der Waals surface area contributed by atoms with E-state index in [9.17, 15) is 31.5 Å². The van der Waals surface area contributed by atoms with E-state index in [1.807, 2.05) is 0 Å². The molecule has 0 radical (unpaired) electrons. The average Bonchev–Trinajstić information content (AvgIpc) is 3.60. The number of hydrogen-bond donors (Lipinski definition) is 1. The Labute approximate surface area is 202 Å². The molecule has 1 spiro atoms. The zero-order chi connectivity index (χ0) is 25.1. The lowest BCUT2D eigenvalue weighted by Gasteiger charge is -2.42. The summed E-state index contributed by atoms with van der Waals surface area (Å²) < 4.78 is 73.7. The molecule has 186 valence electrons. The SMILES string of the molecule is O=C1O[C@@]2(CCNCC2C(=O)N(Cc2cccc(C(F)(F)F)c2Cl)C2CC2)c2cc(F)c(F)cc21. The van der Waals surface area contributed by atoms with Crippen molar-refractivity contribution in [3.8, 4) is 0 Å². The fraction of sp³-hybridized carbons (Fsp3) is 0.417. The molecule has 5 rings (SSSR count). The monoisotopic (exact) mass is 514 g/mol. The maximum atomic E-state index is 14.2. The molecule has 2 aliphatic heterocycles. The molecule has 1 unspecified atom stereocenters. The van der Waals surface area contributed by atoms with Gasteiger partial charge in [0.15, 0.2) is 17.2 Å². The molecule has 2 fully saturated rings. The van der Waals surface area contributed by atoms with Crippen LogP contribution in [0.25, 0.3) is 0 Å². The van der Waals surface area contributed by atoms with Gasteiger partial charge in [0.25, 0.3) is 0 Å². The lowest BCUT2D eigenvalue weighted by atomic mass is 9.75. The van der Waals surface area contributed by atoms with Crippen LogP contribution in [0.1, 0.15) is 46.3 Å². The third kappa shape index (κ3) is 4.06. The fourth-order valence-electron chi connectivity index (χ4n) is 5.01. The lowest BCUT2D eigenvalue weighted by molar-refractivity contribution is -0.149. The molecule has 1 aliphatic carbocycles. The summed E-state index contributed by atoms with van der Waals surface area (Å²) in [5.41, 5.74) is -2.39. The molecule has 1 N–H and O–H groups in total. The van der Waals surface area contributed by atoms with Gasteiger partial charge in [-0.3, -0.25) is 4.79 Å². The van der Waals surface area contributed by atoms with Crippen molar-refractivity contribution in [1.29, 1.82) is 0 Å². The highest BCUT2D eigenvalue weighted by Gasteiger charge is 2.57. The Kier molecular flexibility index (Phi) is 5.79. The number of amides is 1. The van der Waals surface area contributed by atoms with E-state index in [0.717, 1.165) is 18.2 Å². The summed E-state index contributed by atoms with van der Waals surface area (Å²) in [6.07, 6.45) is -3.19. The molecule has 1 saturated carbocycles. The maximum absolute atomic E-state index is 14.2. The summed E-state index contributed by atoms with van der Waals surface area (Å²) in [5.74, 6) is -4.66. The first-order valence-electron chi connectivity index (χ1n) is 11.1. The van der Waals surface area contributed by atoms with Crippen LogP contribution in [0, 0.1) is 17.6 Å². The normalized spacial score (nSPS) is 23.8. The number of halogens is 6. The first kappa shape index (κ1) is 24.0. The Morgan fingerprint density at radius 2 is 1.91 bits per heavy atom. The number of fused-ring (bicyclic) bond motifs is 2. The maximum Gasteiger partial charge on any atom is 0.417 e. The quantitative estimate of drug-likeness (QED) is 0.470. The number of esters is 1. The van der Waals surface area contributed by atoms with E-state index in [-0.39, 0.29) is 42.2 Å². The zero-order valence-corrected chi connectivity index (χ0v) is 19.0. The van der Waals surface area contributed by atoms with Gasteiger partial charge < -0.3 is 15.0 Å². The Morgan fingerprint density at radius 1 is 1.20 bits per heavy atom. The largest absolute Gasteiger partial charge is 0.450 e. The highest BCUT2D eigenvalue weighted by molar-refractivity contribution is 6.32. The molecule has 5 nitrogen and oxygen atoms in total. The van der Waals surface area contributed by atoms with Gasteiger partial charge in [0.1, 0.15) is 0 Å². The van der Waals surface area contributed by atoms with Gasteiger partial charge in [-0.25, -0.2) is 13.6 Å². The number of benzene rings is 2. The summed E-state index contributed by atoms with van der Waals surface area (Å²) in [6.45, 7) is 0.278. The smallest absolute Gasteiger partial charge is 0.417 e. The van der Waals surface area contributed by atoms with Crippen LogP contribution in [0.5, 0.6) is 0 Å². The molecule has 2 aromatic carbocycles. The zero-order valence-electron chi connectivity index (χ0n) is 18.2. The predicted octanol–water partition coefficient (Wildman–Crippen LogP) is 4.80. The molecule has 1 amide bonds. The van der Waals surface area contributed by atoms with E-state index < -0.39 is 51.8 Å². The second-order valence-corrected chi connectivity index (χ2v) is 9.45. The van der Waals surface area contributed by atoms with Gasteiger partial charge >= 0.3 is 12.1 Å². The Balaban J connectivity index is 1.51. The Bertz CT molecular complexity index is 1220. The molecule has 2 heterocycles. The number of nitrogens with zero attached hydrogens (tertiary/aromatic N) is 1. The molecule has 2 atom stereocenters. The number of ether oxygens (including phenoxy) is 1. The van der Waals surface area contributed by atoms with Crippen molar-refractivity contribution in [2.45, 2.75) is 43.6 Å². The summed E-state index contributed by atoms with van der Waals surface area (Å²) in [6, 6.07) is 4.98. The molecule has 2 aromatic rings. The molecule has 35 heavy (non-hydrogen) atoms. The molecule has 1 saturated heterocycles. The first-order valence-corrected chi connectivity index (χ1v) is 11.5. The standard InChI is InChI=1S/C24H20ClF5N2O3/c25-20-12(2-1-3-15(20)24(28,29)30)11-32(13-4-5-13)21(33)17-10-31-7-6-23(17)16-9-19(27)18(26)8-14(16)22(34)35-23/h1-3,8-9,13,17,31H,4-7,10-11H2/t17?,23-/m0/s1. The fourth-order valence-corrected chi connectivity index (χ4v) is 5.30. The first-order chi connectivity index (χ1) is 16.5. The van der Waals surface area contributed by atoms with Gasteiger partial charge in [-0.15, -0.1) is 0 Å². The minimum Gasteiger partial charge on any atom is -0.450 e. The van der Waals surface area contributed by atoms with Gasteiger partial charge in [0, 0.05) is 31.1 Å². The number of hydrogen-bond acceptors (Lipinski definition) is 4. The van der Waals surface area contributed by atoms with Crippen molar-refractivity contribution in [3.63, 3.8) is 0 Å². The second kappa shape index (κ2) is 8.44. The van der Waals surface area contributed by atoms with Crippen LogP contribution >= 0.6 is 11.6 Å². The number of carbonyl (C=O) groups is 2. The molecule has 0 bridgehead atoms. The summed E-state index contributed by atoms with van der Waals surface area (Å²) >= 11 is 6.08. The average molecular weight is 515 g/mol. The van der Waals surface area contributed by atoms with Crippen LogP contribution < -0.4 is 5.32 Å². The van der Waals surface area contributed by atoms with E-state index in [2.05, 4.69) is 5.32 Å². The van der Waals surface area contributed by atoms with E-state index in [0.29, 0.717) is 19.4 Å². The van der Waals surface area contributed by atoms with Crippen LogP contribution in [-0.4, -0.2) is 35.9 Å². The van der Waals surface area contributed by atoms with Gasteiger partial charge in [-0.2, -0.15) is 13.2 Å². The van der Waals surface area contributed by atoms with Gasteiger partial charge in [0.2, 0.25) is 5.91 Å². The van der Waals surface area contributed by atoms with Crippen molar-refractivity contribution >= 4 is 23.5 Å². The van der Waals surface area contributed by atoms with Crippen LogP contribution in [-0.2, 0) is 27.9 Å². The molecule has 3 aliphatic rings. The van der Waals surface area contributed by atoms with Crippen LogP contribution in [0.3, 0.4) is 0 Å². The van der Waals surface area contributed by atoms with Gasteiger partial charge in [-0.05, 0) is 43.1 Å². The van der Waals surface area contributed by atoms with E-state index in [1.165, 1.54) is 17.0 Å². The minimum absolute atomic E-state index is 0.0874. The Morgan fingerprint density at radius 3 is 2.60 bits per heavy atom. The van der Waals surface area contributed by atoms with Crippen molar-refractivity contribution in [3.05, 3.63) is 69.2 Å².